The van der Waals surface area contributed by atoms with Crippen LogP contribution < -0.4 is 5.32 Å². The van der Waals surface area contributed by atoms with Gasteiger partial charge < -0.3 is 14.5 Å². The van der Waals surface area contributed by atoms with E-state index in [0.29, 0.717) is 18.8 Å². The van der Waals surface area contributed by atoms with Gasteiger partial charge in [0, 0.05) is 53.1 Å². The molecule has 0 atom stereocenters. The molecular weight excluding hydrogens is 406 g/mol. The lowest BCUT2D eigenvalue weighted by Crippen LogP contribution is -2.14. The summed E-state index contributed by atoms with van der Waals surface area (Å²) in [5.74, 6) is 0.522. The number of carbonyl (C=O) groups is 1. The lowest BCUT2D eigenvalue weighted by molar-refractivity contribution is -0.116. The fourth-order valence-corrected chi connectivity index (χ4v) is 3.46. The van der Waals surface area contributed by atoms with Gasteiger partial charge in [-0.1, -0.05) is 22.0 Å². The molecular formula is C20H18BrN5O. The van der Waals surface area contributed by atoms with Gasteiger partial charge in [-0.3, -0.25) is 4.79 Å². The fourth-order valence-electron chi connectivity index (χ4n) is 3.10. The summed E-state index contributed by atoms with van der Waals surface area (Å²) < 4.78 is 5.20. The third-order valence-electron chi connectivity index (χ3n) is 4.35. The monoisotopic (exact) mass is 423 g/mol. The highest BCUT2D eigenvalue weighted by molar-refractivity contribution is 9.10. The highest BCUT2D eigenvalue weighted by atomic mass is 79.9. The molecule has 136 valence electrons. The number of hydrogen-bond donors (Lipinski definition) is 1. The zero-order valence-electron chi connectivity index (χ0n) is 14.5. The Morgan fingerprint density at radius 2 is 2.11 bits per heavy atom. The normalized spacial score (nSPS) is 11.0. The van der Waals surface area contributed by atoms with Gasteiger partial charge in [0.1, 0.15) is 5.82 Å². The van der Waals surface area contributed by atoms with Gasteiger partial charge in [0.05, 0.1) is 12.9 Å². The van der Waals surface area contributed by atoms with Gasteiger partial charge in [-0.15, -0.1) is 0 Å². The molecule has 1 amide bonds. The van der Waals surface area contributed by atoms with Crippen LogP contribution in [0.4, 0.5) is 5.82 Å². The number of rotatable bonds is 6. The molecule has 0 saturated carbocycles. The van der Waals surface area contributed by atoms with E-state index in [1.807, 2.05) is 35.3 Å². The van der Waals surface area contributed by atoms with Crippen LogP contribution in [0, 0.1) is 0 Å². The van der Waals surface area contributed by atoms with Gasteiger partial charge in [0.2, 0.25) is 5.91 Å². The molecule has 0 aliphatic rings. The Kier molecular flexibility index (Phi) is 5.02. The van der Waals surface area contributed by atoms with Crippen molar-refractivity contribution in [2.75, 3.05) is 5.32 Å². The quantitative estimate of drug-likeness (QED) is 0.508. The molecule has 0 aliphatic carbocycles. The van der Waals surface area contributed by atoms with E-state index >= 15 is 0 Å². The van der Waals surface area contributed by atoms with Crippen LogP contribution >= 0.6 is 15.9 Å². The minimum absolute atomic E-state index is 0.0520. The number of pyridine rings is 1. The van der Waals surface area contributed by atoms with Gasteiger partial charge in [-0.2, -0.15) is 0 Å². The molecule has 3 heterocycles. The molecule has 0 fully saturated rings. The summed E-state index contributed by atoms with van der Waals surface area (Å²) in [5.41, 5.74) is 2.30. The zero-order chi connectivity index (χ0) is 18.6. The highest BCUT2D eigenvalue weighted by Gasteiger charge is 2.11. The Hall–Kier alpha value is -2.93. The van der Waals surface area contributed by atoms with Gasteiger partial charge >= 0.3 is 0 Å². The van der Waals surface area contributed by atoms with E-state index in [1.54, 1.807) is 18.5 Å². The molecule has 4 rings (SSSR count). The number of amides is 1. The number of carbonyl (C=O) groups excluding carboxylic acids is 1. The molecule has 0 bridgehead atoms. The number of hydrogen-bond acceptors (Lipinski definition) is 3. The second kappa shape index (κ2) is 7.75. The van der Waals surface area contributed by atoms with E-state index in [9.17, 15) is 4.79 Å². The number of anilines is 1. The van der Waals surface area contributed by atoms with Crippen molar-refractivity contribution in [2.24, 2.45) is 0 Å². The third-order valence-corrected chi connectivity index (χ3v) is 4.84. The minimum Gasteiger partial charge on any atom is -0.347 e. The van der Waals surface area contributed by atoms with E-state index in [4.69, 9.17) is 0 Å². The van der Waals surface area contributed by atoms with Gasteiger partial charge in [-0.05, 0) is 35.9 Å². The maximum absolute atomic E-state index is 12.3. The Morgan fingerprint density at radius 1 is 1.19 bits per heavy atom. The van der Waals surface area contributed by atoms with Crippen LogP contribution in [0.1, 0.15) is 12.0 Å². The third kappa shape index (κ3) is 4.09. The Bertz CT molecular complexity index is 1060. The molecule has 0 radical (unpaired) electrons. The SMILES string of the molecule is O=C(CCn1cc(Cn2ccnc2)c2cc(Br)ccc21)Nc1ccccn1. The predicted octanol–water partition coefficient (Wildman–Crippen LogP) is 4.07. The molecule has 0 unspecified atom stereocenters. The molecule has 3 aromatic heterocycles. The van der Waals surface area contributed by atoms with E-state index in [-0.39, 0.29) is 5.91 Å². The Labute approximate surface area is 165 Å². The van der Waals surface area contributed by atoms with Crippen molar-refractivity contribution in [3.8, 4) is 0 Å². The number of nitrogens with one attached hydrogen (secondary N) is 1. The summed E-state index contributed by atoms with van der Waals surface area (Å²) in [5, 5.41) is 4.00. The van der Waals surface area contributed by atoms with Crippen LogP contribution in [0.5, 0.6) is 0 Å². The lowest BCUT2D eigenvalue weighted by atomic mass is 10.2. The smallest absolute Gasteiger partial charge is 0.227 e. The second-order valence-corrected chi connectivity index (χ2v) is 7.17. The lowest BCUT2D eigenvalue weighted by Gasteiger charge is -2.06. The number of nitrogens with zero attached hydrogens (tertiary/aromatic N) is 4. The molecule has 0 aliphatic heterocycles. The molecule has 0 saturated heterocycles. The number of benzene rings is 1. The van der Waals surface area contributed by atoms with Crippen molar-refractivity contribution >= 4 is 38.6 Å². The van der Waals surface area contributed by atoms with Gasteiger partial charge in [0.25, 0.3) is 0 Å². The first-order chi connectivity index (χ1) is 13.2. The largest absolute Gasteiger partial charge is 0.347 e. The Balaban J connectivity index is 1.53. The fraction of sp³-hybridized carbons (Fsp3) is 0.150. The first-order valence-electron chi connectivity index (χ1n) is 8.63. The summed E-state index contributed by atoms with van der Waals surface area (Å²) in [6.45, 7) is 1.33. The average Bonchev–Trinajstić information content (AvgIpc) is 3.29. The van der Waals surface area contributed by atoms with E-state index in [1.165, 1.54) is 10.9 Å². The summed E-state index contributed by atoms with van der Waals surface area (Å²) >= 11 is 3.55. The maximum atomic E-state index is 12.3. The highest BCUT2D eigenvalue weighted by Crippen LogP contribution is 2.26. The van der Waals surface area contributed by atoms with Crippen molar-refractivity contribution in [3.63, 3.8) is 0 Å². The number of fused-ring (bicyclic) bond motifs is 1. The van der Waals surface area contributed by atoms with Crippen molar-refractivity contribution in [3.05, 3.63) is 77.5 Å². The first kappa shape index (κ1) is 17.5. The summed E-state index contributed by atoms with van der Waals surface area (Å²) in [4.78, 5) is 20.5. The minimum atomic E-state index is -0.0520. The molecule has 0 spiro atoms. The molecule has 1 N–H and O–H groups in total. The number of aromatic nitrogens is 4. The standard InChI is InChI=1S/C20H18BrN5O/c21-16-4-5-18-17(11-16)15(12-25-10-8-22-14-25)13-26(18)9-6-20(27)24-19-3-1-2-7-23-19/h1-5,7-8,10-11,13-14H,6,9,12H2,(H,23,24,27). The maximum Gasteiger partial charge on any atom is 0.227 e. The van der Waals surface area contributed by atoms with Crippen molar-refractivity contribution in [2.45, 2.75) is 19.5 Å². The number of imidazole rings is 1. The summed E-state index contributed by atoms with van der Waals surface area (Å²) in [7, 11) is 0. The zero-order valence-corrected chi connectivity index (χ0v) is 16.1. The van der Waals surface area contributed by atoms with Crippen molar-refractivity contribution < 1.29 is 4.79 Å². The van der Waals surface area contributed by atoms with Crippen LogP contribution in [0.2, 0.25) is 0 Å². The second-order valence-electron chi connectivity index (χ2n) is 6.26. The van der Waals surface area contributed by atoms with Gasteiger partial charge in [0.15, 0.2) is 0 Å². The van der Waals surface area contributed by atoms with Crippen LogP contribution in [0.25, 0.3) is 10.9 Å². The van der Waals surface area contributed by atoms with Crippen LogP contribution in [-0.4, -0.2) is 25.0 Å². The topological polar surface area (TPSA) is 64.7 Å². The molecule has 1 aromatic carbocycles. The molecule has 4 aromatic rings. The van der Waals surface area contributed by atoms with E-state index in [0.717, 1.165) is 16.5 Å². The van der Waals surface area contributed by atoms with Crippen molar-refractivity contribution in [1.82, 2.24) is 19.1 Å². The molecule has 27 heavy (non-hydrogen) atoms. The van der Waals surface area contributed by atoms with Crippen molar-refractivity contribution in [1.29, 1.82) is 0 Å². The predicted molar refractivity (Wildman–Crippen MR) is 108 cm³/mol. The van der Waals surface area contributed by atoms with E-state index in [2.05, 4.69) is 54.1 Å². The molecule has 7 heteroatoms. The molecule has 6 nitrogen and oxygen atoms in total. The summed E-state index contributed by atoms with van der Waals surface area (Å²) in [6, 6.07) is 11.7. The Morgan fingerprint density at radius 3 is 2.89 bits per heavy atom. The first-order valence-corrected chi connectivity index (χ1v) is 9.42. The van der Waals surface area contributed by atoms with Crippen LogP contribution in [-0.2, 0) is 17.9 Å². The van der Waals surface area contributed by atoms with Gasteiger partial charge in [-0.25, -0.2) is 9.97 Å². The number of halogens is 1. The average molecular weight is 424 g/mol. The number of aryl methyl sites for hydroxylation is 1. The van der Waals surface area contributed by atoms with Crippen LogP contribution in [0.3, 0.4) is 0 Å². The summed E-state index contributed by atoms with van der Waals surface area (Å²) in [6.07, 6.45) is 9.68. The van der Waals surface area contributed by atoms with E-state index < -0.39 is 0 Å². The van der Waals surface area contributed by atoms with Crippen LogP contribution in [0.15, 0.2) is 72.0 Å².